The van der Waals surface area contributed by atoms with Crippen LogP contribution in [0.1, 0.15) is 42.7 Å². The van der Waals surface area contributed by atoms with Gasteiger partial charge in [0, 0.05) is 11.4 Å². The lowest BCUT2D eigenvalue weighted by atomic mass is 10.0. The Morgan fingerprint density at radius 1 is 1.33 bits per heavy atom. The number of thiazole rings is 1. The quantitative estimate of drug-likeness (QED) is 0.842. The van der Waals surface area contributed by atoms with Gasteiger partial charge in [-0.05, 0) is 26.2 Å². The van der Waals surface area contributed by atoms with Crippen molar-refractivity contribution >= 4 is 16.5 Å². The molecule has 0 radical (unpaired) electrons. The minimum absolute atomic E-state index is 0.972. The smallest absolute Gasteiger partial charge is 0.183 e. The van der Waals surface area contributed by atoms with Crippen LogP contribution in [-0.4, -0.2) is 11.5 Å². The summed E-state index contributed by atoms with van der Waals surface area (Å²) in [6.07, 6.45) is 7.09. The van der Waals surface area contributed by atoms with Crippen molar-refractivity contribution in [3.63, 3.8) is 0 Å². The third kappa shape index (κ3) is 2.94. The summed E-state index contributed by atoms with van der Waals surface area (Å²) in [5.41, 5.74) is 1.17. The Bertz CT molecular complexity index is 294. The zero-order chi connectivity index (χ0) is 10.7. The van der Waals surface area contributed by atoms with Gasteiger partial charge in [0.1, 0.15) is 0 Å². The van der Waals surface area contributed by atoms with E-state index in [0.717, 1.165) is 17.6 Å². The van der Waals surface area contributed by atoms with E-state index in [0.29, 0.717) is 0 Å². The first-order valence-corrected chi connectivity index (χ1v) is 6.75. The molecule has 3 heteroatoms. The lowest BCUT2D eigenvalue weighted by Gasteiger charge is -2.08. The summed E-state index contributed by atoms with van der Waals surface area (Å²) < 4.78 is 0. The molecule has 1 aromatic rings. The van der Waals surface area contributed by atoms with E-state index >= 15 is 0 Å². The average molecular weight is 224 g/mol. The van der Waals surface area contributed by atoms with E-state index in [1.54, 1.807) is 11.3 Å². The summed E-state index contributed by atoms with van der Waals surface area (Å²) >= 11 is 1.77. The third-order valence-electron chi connectivity index (χ3n) is 3.33. The average Bonchev–Trinajstić information content (AvgIpc) is 2.79. The first-order valence-electron chi connectivity index (χ1n) is 5.93. The second-order valence-corrected chi connectivity index (χ2v) is 5.73. The van der Waals surface area contributed by atoms with Gasteiger partial charge in [-0.2, -0.15) is 0 Å². The zero-order valence-corrected chi connectivity index (χ0v) is 10.5. The molecular weight excluding hydrogens is 204 g/mol. The number of aryl methyl sites for hydroxylation is 2. The molecule has 0 bridgehead atoms. The van der Waals surface area contributed by atoms with Crippen LogP contribution in [0.2, 0.25) is 0 Å². The van der Waals surface area contributed by atoms with Gasteiger partial charge in [0.25, 0.3) is 0 Å². The number of nitrogens with one attached hydrogen (secondary N) is 1. The van der Waals surface area contributed by atoms with E-state index in [2.05, 4.69) is 24.1 Å². The number of nitrogens with zero attached hydrogens (tertiary/aromatic N) is 1. The molecule has 84 valence electrons. The zero-order valence-electron chi connectivity index (χ0n) is 9.68. The molecule has 0 saturated heterocycles. The molecule has 1 aliphatic rings. The fourth-order valence-electron chi connectivity index (χ4n) is 2.23. The summed E-state index contributed by atoms with van der Waals surface area (Å²) in [7, 11) is 0. The number of hydrogen-bond donors (Lipinski definition) is 1. The third-order valence-corrected chi connectivity index (χ3v) is 4.36. The molecule has 15 heavy (non-hydrogen) atoms. The Morgan fingerprint density at radius 3 is 2.67 bits per heavy atom. The molecule has 0 aromatic carbocycles. The van der Waals surface area contributed by atoms with Gasteiger partial charge in [0.15, 0.2) is 5.13 Å². The Balaban J connectivity index is 1.73. The molecule has 0 spiro atoms. The van der Waals surface area contributed by atoms with Gasteiger partial charge in [0.2, 0.25) is 0 Å². The standard InChI is InChI=1S/C12H20N2S/c1-9-10(2)15-12(14-9)13-8-7-11-5-3-4-6-11/h11H,3-8H2,1-2H3,(H,13,14). The van der Waals surface area contributed by atoms with Gasteiger partial charge in [-0.25, -0.2) is 4.98 Å². The summed E-state index contributed by atoms with van der Waals surface area (Å²) in [6.45, 7) is 5.31. The molecule has 1 aromatic heterocycles. The highest BCUT2D eigenvalue weighted by molar-refractivity contribution is 7.15. The fraction of sp³-hybridized carbons (Fsp3) is 0.750. The second-order valence-electron chi connectivity index (χ2n) is 4.53. The van der Waals surface area contributed by atoms with Crippen molar-refractivity contribution in [1.29, 1.82) is 0 Å². The maximum atomic E-state index is 4.48. The Morgan fingerprint density at radius 2 is 2.07 bits per heavy atom. The lowest BCUT2D eigenvalue weighted by Crippen LogP contribution is -2.06. The Labute approximate surface area is 96.1 Å². The molecule has 2 nitrogen and oxygen atoms in total. The van der Waals surface area contributed by atoms with Crippen LogP contribution in [-0.2, 0) is 0 Å². The van der Waals surface area contributed by atoms with Gasteiger partial charge < -0.3 is 5.32 Å². The van der Waals surface area contributed by atoms with Crippen LogP contribution in [0.25, 0.3) is 0 Å². The molecule has 1 fully saturated rings. The van der Waals surface area contributed by atoms with Crippen LogP contribution in [0.4, 0.5) is 5.13 Å². The van der Waals surface area contributed by atoms with E-state index in [1.165, 1.54) is 42.7 Å². The molecule has 0 unspecified atom stereocenters. The predicted molar refractivity (Wildman–Crippen MR) is 66.7 cm³/mol. The van der Waals surface area contributed by atoms with Crippen LogP contribution in [0.15, 0.2) is 0 Å². The van der Waals surface area contributed by atoms with Crippen molar-refractivity contribution in [2.75, 3.05) is 11.9 Å². The van der Waals surface area contributed by atoms with Crippen LogP contribution in [0.3, 0.4) is 0 Å². The van der Waals surface area contributed by atoms with Crippen LogP contribution in [0, 0.1) is 19.8 Å². The summed E-state index contributed by atoms with van der Waals surface area (Å²) in [5, 5.41) is 4.54. The van der Waals surface area contributed by atoms with Gasteiger partial charge >= 0.3 is 0 Å². The fourth-order valence-corrected chi connectivity index (χ4v) is 3.07. The molecule has 2 rings (SSSR count). The van der Waals surface area contributed by atoms with E-state index in [1.807, 2.05) is 0 Å². The van der Waals surface area contributed by atoms with Crippen molar-refractivity contribution in [2.45, 2.75) is 46.0 Å². The molecule has 1 heterocycles. The van der Waals surface area contributed by atoms with Gasteiger partial charge in [-0.1, -0.05) is 25.7 Å². The number of anilines is 1. The lowest BCUT2D eigenvalue weighted by molar-refractivity contribution is 0.518. The first kappa shape index (κ1) is 10.9. The summed E-state index contributed by atoms with van der Waals surface area (Å²) in [5.74, 6) is 0.972. The molecule has 1 aliphatic carbocycles. The van der Waals surface area contributed by atoms with Gasteiger partial charge in [-0.15, -0.1) is 11.3 Å². The monoisotopic (exact) mass is 224 g/mol. The molecular formula is C12H20N2S. The topological polar surface area (TPSA) is 24.9 Å². The first-order chi connectivity index (χ1) is 7.25. The van der Waals surface area contributed by atoms with E-state index in [4.69, 9.17) is 0 Å². The highest BCUT2D eigenvalue weighted by atomic mass is 32.1. The maximum Gasteiger partial charge on any atom is 0.183 e. The maximum absolute atomic E-state index is 4.48. The minimum Gasteiger partial charge on any atom is -0.361 e. The summed E-state index contributed by atoms with van der Waals surface area (Å²) in [4.78, 5) is 5.81. The minimum atomic E-state index is 0.972. The van der Waals surface area contributed by atoms with Crippen LogP contribution in [0.5, 0.6) is 0 Å². The molecule has 0 atom stereocenters. The van der Waals surface area contributed by atoms with E-state index < -0.39 is 0 Å². The molecule has 0 aliphatic heterocycles. The van der Waals surface area contributed by atoms with Gasteiger partial charge in [-0.3, -0.25) is 0 Å². The van der Waals surface area contributed by atoms with Crippen LogP contribution < -0.4 is 5.32 Å². The summed E-state index contributed by atoms with van der Waals surface area (Å²) in [6, 6.07) is 0. The number of aromatic nitrogens is 1. The number of rotatable bonds is 4. The van der Waals surface area contributed by atoms with Crippen molar-refractivity contribution in [1.82, 2.24) is 4.98 Å². The van der Waals surface area contributed by atoms with E-state index in [-0.39, 0.29) is 0 Å². The molecule has 0 amide bonds. The number of hydrogen-bond acceptors (Lipinski definition) is 3. The largest absolute Gasteiger partial charge is 0.361 e. The second kappa shape index (κ2) is 4.97. The van der Waals surface area contributed by atoms with Crippen molar-refractivity contribution in [3.8, 4) is 0 Å². The predicted octanol–water partition coefficient (Wildman–Crippen LogP) is 3.75. The SMILES string of the molecule is Cc1nc(NCCC2CCCC2)sc1C. The Hall–Kier alpha value is -0.570. The normalized spacial score (nSPS) is 17.2. The van der Waals surface area contributed by atoms with Gasteiger partial charge in [0.05, 0.1) is 5.69 Å². The van der Waals surface area contributed by atoms with Crippen molar-refractivity contribution in [2.24, 2.45) is 5.92 Å². The molecule has 1 saturated carbocycles. The van der Waals surface area contributed by atoms with Crippen LogP contribution >= 0.6 is 11.3 Å². The highest BCUT2D eigenvalue weighted by Gasteiger charge is 2.14. The highest BCUT2D eigenvalue weighted by Crippen LogP contribution is 2.28. The van der Waals surface area contributed by atoms with E-state index in [9.17, 15) is 0 Å². The van der Waals surface area contributed by atoms with Crippen molar-refractivity contribution < 1.29 is 0 Å². The Kier molecular flexibility index (Phi) is 3.62. The molecule has 1 N–H and O–H groups in total. The van der Waals surface area contributed by atoms with Crippen molar-refractivity contribution in [3.05, 3.63) is 10.6 Å².